The van der Waals surface area contributed by atoms with Gasteiger partial charge in [-0.1, -0.05) is 24.6 Å². The number of halogens is 1. The molecule has 0 bridgehead atoms. The number of nitrogens with one attached hydrogen (secondary N) is 1. The van der Waals surface area contributed by atoms with Crippen molar-refractivity contribution in [3.8, 4) is 11.4 Å². The van der Waals surface area contributed by atoms with E-state index in [0.29, 0.717) is 23.8 Å². The van der Waals surface area contributed by atoms with Gasteiger partial charge in [0.15, 0.2) is 6.04 Å². The first-order chi connectivity index (χ1) is 10.2. The summed E-state index contributed by atoms with van der Waals surface area (Å²) < 4.78 is 0. The SMILES string of the molecule is C=CCNC(=O)[C@@H](CC)n1nnc(-c2ccc(Cl)cc2)n1. The van der Waals surface area contributed by atoms with Crippen LogP contribution in [0.3, 0.4) is 0 Å². The van der Waals surface area contributed by atoms with E-state index in [0.717, 1.165) is 5.56 Å². The molecule has 2 aromatic rings. The van der Waals surface area contributed by atoms with E-state index in [1.165, 1.54) is 4.80 Å². The van der Waals surface area contributed by atoms with E-state index < -0.39 is 6.04 Å². The lowest BCUT2D eigenvalue weighted by molar-refractivity contribution is -0.124. The number of hydrogen-bond donors (Lipinski definition) is 1. The van der Waals surface area contributed by atoms with Crippen molar-refractivity contribution in [1.29, 1.82) is 0 Å². The lowest BCUT2D eigenvalue weighted by atomic mass is 10.2. The second kappa shape index (κ2) is 6.99. The monoisotopic (exact) mass is 305 g/mol. The number of tetrazole rings is 1. The molecule has 0 saturated carbocycles. The van der Waals surface area contributed by atoms with Crippen LogP contribution < -0.4 is 5.32 Å². The highest BCUT2D eigenvalue weighted by atomic mass is 35.5. The molecule has 2 rings (SSSR count). The molecule has 0 spiro atoms. The Bertz CT molecular complexity index is 623. The molecule has 0 aliphatic carbocycles. The van der Waals surface area contributed by atoms with Crippen molar-refractivity contribution in [2.75, 3.05) is 6.54 Å². The number of carbonyl (C=O) groups is 1. The van der Waals surface area contributed by atoms with Crippen molar-refractivity contribution in [2.45, 2.75) is 19.4 Å². The van der Waals surface area contributed by atoms with Crippen molar-refractivity contribution in [1.82, 2.24) is 25.5 Å². The molecule has 0 aliphatic heterocycles. The Morgan fingerprint density at radius 3 is 2.81 bits per heavy atom. The molecule has 0 aliphatic rings. The smallest absolute Gasteiger partial charge is 0.247 e. The first kappa shape index (κ1) is 15.2. The van der Waals surface area contributed by atoms with E-state index in [2.05, 4.69) is 27.3 Å². The van der Waals surface area contributed by atoms with Crippen LogP contribution in [-0.4, -0.2) is 32.7 Å². The van der Waals surface area contributed by atoms with E-state index >= 15 is 0 Å². The van der Waals surface area contributed by atoms with Gasteiger partial charge in [0, 0.05) is 17.1 Å². The molecule has 1 heterocycles. The van der Waals surface area contributed by atoms with Crippen LogP contribution >= 0.6 is 11.6 Å². The zero-order valence-corrected chi connectivity index (χ0v) is 12.4. The van der Waals surface area contributed by atoms with Gasteiger partial charge < -0.3 is 5.32 Å². The fourth-order valence-electron chi connectivity index (χ4n) is 1.82. The van der Waals surface area contributed by atoms with Crippen LogP contribution in [0.2, 0.25) is 5.02 Å². The minimum Gasteiger partial charge on any atom is -0.351 e. The van der Waals surface area contributed by atoms with Gasteiger partial charge >= 0.3 is 0 Å². The van der Waals surface area contributed by atoms with Crippen LogP contribution in [0, 0.1) is 0 Å². The van der Waals surface area contributed by atoms with Crippen molar-refractivity contribution in [2.24, 2.45) is 0 Å². The van der Waals surface area contributed by atoms with E-state index in [9.17, 15) is 4.79 Å². The van der Waals surface area contributed by atoms with Crippen LogP contribution in [0.5, 0.6) is 0 Å². The normalized spacial score (nSPS) is 11.9. The Morgan fingerprint density at radius 2 is 2.19 bits per heavy atom. The van der Waals surface area contributed by atoms with Gasteiger partial charge in [-0.3, -0.25) is 4.79 Å². The number of aromatic nitrogens is 4. The van der Waals surface area contributed by atoms with Crippen molar-refractivity contribution in [3.05, 3.63) is 41.9 Å². The summed E-state index contributed by atoms with van der Waals surface area (Å²) in [6.07, 6.45) is 2.19. The first-order valence-electron chi connectivity index (χ1n) is 6.59. The highest BCUT2D eigenvalue weighted by molar-refractivity contribution is 6.30. The molecule has 1 aromatic carbocycles. The summed E-state index contributed by atoms with van der Waals surface area (Å²) in [5, 5.41) is 15.6. The average molecular weight is 306 g/mol. The standard InChI is InChI=1S/C14H16ClN5O/c1-3-9-16-14(21)12(4-2)20-18-13(17-19-20)10-5-7-11(15)8-6-10/h3,5-8,12H,1,4,9H2,2H3,(H,16,21)/t12-/m1/s1. The van der Waals surface area contributed by atoms with Gasteiger partial charge in [0.1, 0.15) is 0 Å². The second-order valence-corrected chi connectivity index (χ2v) is 4.83. The van der Waals surface area contributed by atoms with Crippen molar-refractivity contribution >= 4 is 17.5 Å². The maximum atomic E-state index is 12.0. The maximum absolute atomic E-state index is 12.0. The first-order valence-corrected chi connectivity index (χ1v) is 6.97. The van der Waals surface area contributed by atoms with E-state index in [1.807, 2.05) is 19.1 Å². The topological polar surface area (TPSA) is 72.7 Å². The number of benzene rings is 1. The minimum absolute atomic E-state index is 0.155. The van der Waals surface area contributed by atoms with Gasteiger partial charge in [-0.15, -0.1) is 16.8 Å². The van der Waals surface area contributed by atoms with Gasteiger partial charge in [-0.25, -0.2) is 0 Å². The zero-order chi connectivity index (χ0) is 15.2. The van der Waals surface area contributed by atoms with Crippen LogP contribution in [0.25, 0.3) is 11.4 Å². The average Bonchev–Trinajstić information content (AvgIpc) is 2.96. The molecule has 0 unspecified atom stereocenters. The predicted octanol–water partition coefficient (Wildman–Crippen LogP) is 2.25. The molecule has 21 heavy (non-hydrogen) atoms. The summed E-state index contributed by atoms with van der Waals surface area (Å²) in [6, 6.07) is 6.64. The Balaban J connectivity index is 2.19. The zero-order valence-electron chi connectivity index (χ0n) is 11.7. The van der Waals surface area contributed by atoms with Crippen LogP contribution in [0.1, 0.15) is 19.4 Å². The third kappa shape index (κ3) is 3.66. The second-order valence-electron chi connectivity index (χ2n) is 4.40. The molecular weight excluding hydrogens is 290 g/mol. The highest BCUT2D eigenvalue weighted by Crippen LogP contribution is 2.18. The summed E-state index contributed by atoms with van der Waals surface area (Å²) >= 11 is 5.84. The van der Waals surface area contributed by atoms with Crippen LogP contribution in [0.4, 0.5) is 0 Å². The van der Waals surface area contributed by atoms with E-state index in [1.54, 1.807) is 18.2 Å². The quantitative estimate of drug-likeness (QED) is 0.831. The number of amides is 1. The Hall–Kier alpha value is -2.21. The number of nitrogens with zero attached hydrogens (tertiary/aromatic N) is 4. The molecule has 1 amide bonds. The molecule has 0 fully saturated rings. The fraction of sp³-hybridized carbons (Fsp3) is 0.286. The van der Waals surface area contributed by atoms with Gasteiger partial charge in [0.2, 0.25) is 11.7 Å². The molecule has 6 nitrogen and oxygen atoms in total. The predicted molar refractivity (Wildman–Crippen MR) is 80.8 cm³/mol. The Morgan fingerprint density at radius 1 is 1.48 bits per heavy atom. The number of hydrogen-bond acceptors (Lipinski definition) is 4. The highest BCUT2D eigenvalue weighted by Gasteiger charge is 2.21. The summed E-state index contributed by atoms with van der Waals surface area (Å²) in [5.41, 5.74) is 0.798. The molecule has 0 radical (unpaired) electrons. The molecule has 1 atom stereocenters. The van der Waals surface area contributed by atoms with Gasteiger partial charge in [-0.2, -0.15) is 4.80 Å². The summed E-state index contributed by atoms with van der Waals surface area (Å²) in [4.78, 5) is 13.4. The molecule has 1 aromatic heterocycles. The van der Waals surface area contributed by atoms with Crippen molar-refractivity contribution in [3.63, 3.8) is 0 Å². The summed E-state index contributed by atoms with van der Waals surface area (Å²) in [5.74, 6) is 0.305. The van der Waals surface area contributed by atoms with Crippen LogP contribution in [0.15, 0.2) is 36.9 Å². The maximum Gasteiger partial charge on any atom is 0.247 e. The van der Waals surface area contributed by atoms with Gasteiger partial charge in [0.05, 0.1) is 0 Å². The molecule has 7 heteroatoms. The van der Waals surface area contributed by atoms with Crippen LogP contribution in [-0.2, 0) is 4.79 Å². The fourth-order valence-corrected chi connectivity index (χ4v) is 1.94. The largest absolute Gasteiger partial charge is 0.351 e. The lowest BCUT2D eigenvalue weighted by Crippen LogP contribution is -2.33. The Kier molecular flexibility index (Phi) is 5.05. The molecule has 0 saturated heterocycles. The third-order valence-electron chi connectivity index (χ3n) is 2.92. The number of carbonyl (C=O) groups excluding carboxylic acids is 1. The summed E-state index contributed by atoms with van der Waals surface area (Å²) in [6.45, 7) is 5.87. The summed E-state index contributed by atoms with van der Waals surface area (Å²) in [7, 11) is 0. The minimum atomic E-state index is -0.487. The Labute approximate surface area is 127 Å². The molecular formula is C14H16ClN5O. The lowest BCUT2D eigenvalue weighted by Gasteiger charge is -2.12. The third-order valence-corrected chi connectivity index (χ3v) is 3.17. The van der Waals surface area contributed by atoms with E-state index in [-0.39, 0.29) is 5.91 Å². The molecule has 110 valence electrons. The number of rotatable bonds is 6. The van der Waals surface area contributed by atoms with Gasteiger partial charge in [0.25, 0.3) is 0 Å². The van der Waals surface area contributed by atoms with Gasteiger partial charge in [-0.05, 0) is 35.9 Å². The molecule has 1 N–H and O–H groups in total. The van der Waals surface area contributed by atoms with Crippen molar-refractivity contribution < 1.29 is 4.79 Å². The van der Waals surface area contributed by atoms with E-state index in [4.69, 9.17) is 11.6 Å².